The Morgan fingerprint density at radius 1 is 1.00 bits per heavy atom. The Morgan fingerprint density at radius 3 is 2.52 bits per heavy atom. The molecule has 1 heterocycles. The molecule has 5 nitrogen and oxygen atoms in total. The first kappa shape index (κ1) is 18.6. The van der Waals surface area contributed by atoms with Gasteiger partial charge in [-0.1, -0.05) is 18.2 Å². The van der Waals surface area contributed by atoms with Gasteiger partial charge in [0.2, 0.25) is 5.95 Å². The highest BCUT2D eigenvalue weighted by molar-refractivity contribution is 5.57. The molecule has 0 bridgehead atoms. The number of nitrogens with zero attached hydrogens (tertiary/aromatic N) is 3. The molecular formula is C18H15F4N5. The Labute approximate surface area is 152 Å². The first-order valence-corrected chi connectivity index (χ1v) is 8.02. The van der Waals surface area contributed by atoms with Gasteiger partial charge in [0, 0.05) is 12.2 Å². The van der Waals surface area contributed by atoms with Crippen LogP contribution in [0.3, 0.4) is 0 Å². The summed E-state index contributed by atoms with van der Waals surface area (Å²) in [7, 11) is 0. The summed E-state index contributed by atoms with van der Waals surface area (Å²) in [4.78, 5) is 4.17. The Bertz CT molecular complexity index is 897. The summed E-state index contributed by atoms with van der Waals surface area (Å²) in [6.07, 6.45) is -2.49. The molecule has 0 aliphatic heterocycles. The van der Waals surface area contributed by atoms with E-state index in [1.807, 2.05) is 0 Å². The minimum absolute atomic E-state index is 0.231. The van der Waals surface area contributed by atoms with Crippen molar-refractivity contribution in [3.05, 3.63) is 71.7 Å². The van der Waals surface area contributed by atoms with Crippen LogP contribution < -0.4 is 10.6 Å². The van der Waals surface area contributed by atoms with Gasteiger partial charge in [0.25, 0.3) is 0 Å². The summed E-state index contributed by atoms with van der Waals surface area (Å²) in [5, 5.41) is 13.4. The molecule has 0 radical (unpaired) electrons. The Morgan fingerprint density at radius 2 is 1.78 bits per heavy atom. The number of halogens is 4. The molecule has 3 aromatic rings. The fourth-order valence-corrected chi connectivity index (χ4v) is 2.33. The van der Waals surface area contributed by atoms with Crippen LogP contribution in [0.4, 0.5) is 35.0 Å². The highest BCUT2D eigenvalue weighted by Crippen LogP contribution is 2.31. The Kier molecular flexibility index (Phi) is 5.49. The molecule has 0 unspecified atom stereocenters. The fraction of sp³-hybridized carbons (Fsp3) is 0.167. The van der Waals surface area contributed by atoms with Crippen molar-refractivity contribution >= 4 is 17.5 Å². The van der Waals surface area contributed by atoms with Crippen molar-refractivity contribution in [3.8, 4) is 0 Å². The summed E-state index contributed by atoms with van der Waals surface area (Å²) in [5.41, 5.74) is 0.421. The van der Waals surface area contributed by atoms with E-state index in [2.05, 4.69) is 25.8 Å². The maximum absolute atomic E-state index is 12.9. The Hall–Kier alpha value is -3.23. The summed E-state index contributed by atoms with van der Waals surface area (Å²) in [6.45, 7) is 0.486. The van der Waals surface area contributed by atoms with E-state index in [-0.39, 0.29) is 23.3 Å². The minimum Gasteiger partial charge on any atom is -0.353 e. The van der Waals surface area contributed by atoms with Gasteiger partial charge in [-0.25, -0.2) is 4.39 Å². The Balaban J connectivity index is 1.61. The zero-order chi connectivity index (χ0) is 19.3. The zero-order valence-corrected chi connectivity index (χ0v) is 14.0. The standard InChI is InChI=1S/C18H15F4N5/c19-14-6-4-12(5-7-14)8-9-23-17-26-16(11-24-27-17)25-15-3-1-2-13(10-15)18(20,21)22/h1-7,10-11H,8-9H2,(H2,23,25,26,27). The summed E-state index contributed by atoms with van der Waals surface area (Å²) in [5.74, 6) is 0.190. The van der Waals surface area contributed by atoms with Gasteiger partial charge in [0.1, 0.15) is 5.82 Å². The quantitative estimate of drug-likeness (QED) is 0.623. The van der Waals surface area contributed by atoms with E-state index >= 15 is 0 Å². The number of anilines is 3. The van der Waals surface area contributed by atoms with Gasteiger partial charge in [-0.3, -0.25) is 0 Å². The predicted octanol–water partition coefficient (Wildman–Crippen LogP) is 4.43. The molecule has 0 aliphatic carbocycles. The van der Waals surface area contributed by atoms with Crippen molar-refractivity contribution in [2.75, 3.05) is 17.2 Å². The van der Waals surface area contributed by atoms with Crippen LogP contribution in [-0.2, 0) is 12.6 Å². The summed E-state index contributed by atoms with van der Waals surface area (Å²) >= 11 is 0. The molecule has 0 saturated carbocycles. The number of aromatic nitrogens is 3. The molecule has 0 spiro atoms. The number of hydrogen-bond acceptors (Lipinski definition) is 5. The van der Waals surface area contributed by atoms with Crippen LogP contribution in [0.1, 0.15) is 11.1 Å². The molecule has 1 aromatic heterocycles. The fourth-order valence-electron chi connectivity index (χ4n) is 2.33. The maximum atomic E-state index is 12.9. The lowest BCUT2D eigenvalue weighted by Gasteiger charge is -2.10. The number of alkyl halides is 3. The van der Waals surface area contributed by atoms with E-state index in [1.165, 1.54) is 30.5 Å². The number of hydrogen-bond donors (Lipinski definition) is 2. The van der Waals surface area contributed by atoms with Gasteiger partial charge in [0.05, 0.1) is 11.8 Å². The van der Waals surface area contributed by atoms with Crippen LogP contribution in [0.25, 0.3) is 0 Å². The molecule has 3 rings (SSSR count). The van der Waals surface area contributed by atoms with E-state index in [4.69, 9.17) is 0 Å². The SMILES string of the molecule is Fc1ccc(CCNc2nncc(Nc3cccc(C(F)(F)F)c3)n2)cc1. The van der Waals surface area contributed by atoms with Crippen molar-refractivity contribution in [2.45, 2.75) is 12.6 Å². The number of nitrogens with one attached hydrogen (secondary N) is 2. The normalized spacial score (nSPS) is 11.3. The van der Waals surface area contributed by atoms with Gasteiger partial charge in [-0.15, -0.1) is 5.10 Å². The van der Waals surface area contributed by atoms with E-state index in [0.29, 0.717) is 13.0 Å². The van der Waals surface area contributed by atoms with Gasteiger partial charge < -0.3 is 10.6 Å². The second-order valence-corrected chi connectivity index (χ2v) is 5.67. The zero-order valence-electron chi connectivity index (χ0n) is 14.0. The second kappa shape index (κ2) is 7.98. The van der Waals surface area contributed by atoms with Gasteiger partial charge in [-0.05, 0) is 42.3 Å². The molecule has 9 heteroatoms. The van der Waals surface area contributed by atoms with Gasteiger partial charge >= 0.3 is 6.18 Å². The van der Waals surface area contributed by atoms with Crippen LogP contribution in [0.2, 0.25) is 0 Å². The first-order chi connectivity index (χ1) is 12.9. The largest absolute Gasteiger partial charge is 0.416 e. The van der Waals surface area contributed by atoms with Crippen molar-refractivity contribution in [1.29, 1.82) is 0 Å². The molecule has 0 saturated heterocycles. The summed E-state index contributed by atoms with van der Waals surface area (Å²) in [6, 6.07) is 10.9. The number of benzene rings is 2. The molecule has 0 amide bonds. The molecule has 0 aliphatic rings. The third-order valence-electron chi connectivity index (χ3n) is 3.63. The monoisotopic (exact) mass is 377 g/mol. The molecular weight excluding hydrogens is 362 g/mol. The smallest absolute Gasteiger partial charge is 0.353 e. The van der Waals surface area contributed by atoms with E-state index in [1.54, 1.807) is 12.1 Å². The van der Waals surface area contributed by atoms with Crippen molar-refractivity contribution < 1.29 is 17.6 Å². The highest BCUT2D eigenvalue weighted by Gasteiger charge is 2.30. The van der Waals surface area contributed by atoms with Gasteiger partial charge in [0.15, 0.2) is 5.82 Å². The molecule has 2 N–H and O–H groups in total. The maximum Gasteiger partial charge on any atom is 0.416 e. The summed E-state index contributed by atoms with van der Waals surface area (Å²) < 4.78 is 51.2. The molecule has 140 valence electrons. The molecule has 27 heavy (non-hydrogen) atoms. The predicted molar refractivity (Wildman–Crippen MR) is 93.1 cm³/mol. The van der Waals surface area contributed by atoms with Gasteiger partial charge in [-0.2, -0.15) is 23.3 Å². The first-order valence-electron chi connectivity index (χ1n) is 8.02. The van der Waals surface area contributed by atoms with Crippen LogP contribution in [-0.4, -0.2) is 21.7 Å². The lowest BCUT2D eigenvalue weighted by atomic mass is 10.1. The topological polar surface area (TPSA) is 62.7 Å². The van der Waals surface area contributed by atoms with Crippen LogP contribution in [0.5, 0.6) is 0 Å². The average molecular weight is 377 g/mol. The minimum atomic E-state index is -4.42. The molecule has 0 atom stereocenters. The molecule has 2 aromatic carbocycles. The van der Waals surface area contributed by atoms with Crippen molar-refractivity contribution in [2.24, 2.45) is 0 Å². The van der Waals surface area contributed by atoms with Crippen LogP contribution >= 0.6 is 0 Å². The second-order valence-electron chi connectivity index (χ2n) is 5.67. The van der Waals surface area contributed by atoms with E-state index < -0.39 is 11.7 Å². The van der Waals surface area contributed by atoms with Crippen molar-refractivity contribution in [3.63, 3.8) is 0 Å². The lowest BCUT2D eigenvalue weighted by molar-refractivity contribution is -0.137. The molecule has 0 fully saturated rings. The highest BCUT2D eigenvalue weighted by atomic mass is 19.4. The van der Waals surface area contributed by atoms with Crippen LogP contribution in [0.15, 0.2) is 54.7 Å². The lowest BCUT2D eigenvalue weighted by Crippen LogP contribution is -2.10. The third-order valence-corrected chi connectivity index (χ3v) is 3.63. The van der Waals surface area contributed by atoms with Crippen molar-refractivity contribution in [1.82, 2.24) is 15.2 Å². The average Bonchev–Trinajstić information content (AvgIpc) is 2.63. The van der Waals surface area contributed by atoms with E-state index in [9.17, 15) is 17.6 Å². The van der Waals surface area contributed by atoms with Crippen LogP contribution in [0, 0.1) is 5.82 Å². The number of rotatable bonds is 6. The van der Waals surface area contributed by atoms with E-state index in [0.717, 1.165) is 17.7 Å². The third kappa shape index (κ3) is 5.37.